The summed E-state index contributed by atoms with van der Waals surface area (Å²) in [5.41, 5.74) is 3.23. The third-order valence-electron chi connectivity index (χ3n) is 2.01. The fourth-order valence-corrected chi connectivity index (χ4v) is 3.26. The van der Waals surface area contributed by atoms with Crippen LogP contribution in [0.4, 0.5) is 0 Å². The van der Waals surface area contributed by atoms with Gasteiger partial charge in [-0.2, -0.15) is 0 Å². The highest BCUT2D eigenvalue weighted by atomic mass is 32.2. The Labute approximate surface area is 80.8 Å². The van der Waals surface area contributed by atoms with Crippen molar-refractivity contribution in [3.63, 3.8) is 0 Å². The minimum absolute atomic E-state index is 0.588. The summed E-state index contributed by atoms with van der Waals surface area (Å²) in [5.74, 6) is 1.21. The van der Waals surface area contributed by atoms with Crippen LogP contribution in [0.5, 0.6) is 0 Å². The third kappa shape index (κ3) is 1.65. The van der Waals surface area contributed by atoms with E-state index in [1.54, 1.807) is 11.3 Å². The van der Waals surface area contributed by atoms with Crippen molar-refractivity contribution in [3.8, 4) is 0 Å². The summed E-state index contributed by atoms with van der Waals surface area (Å²) in [6.45, 7) is 4.38. The van der Waals surface area contributed by atoms with Gasteiger partial charge in [0, 0.05) is 23.7 Å². The summed E-state index contributed by atoms with van der Waals surface area (Å²) in [4.78, 5) is 5.77. The van der Waals surface area contributed by atoms with E-state index in [-0.39, 0.29) is 0 Å². The average Bonchev–Trinajstić information content (AvgIpc) is 2.53. The molecule has 2 nitrogen and oxygen atoms in total. The number of nitrogens with zero attached hydrogens (tertiary/aromatic N) is 1. The molecule has 0 spiro atoms. The lowest BCUT2D eigenvalue weighted by Gasteiger charge is -2.21. The van der Waals surface area contributed by atoms with Crippen LogP contribution in [0, 0.1) is 6.92 Å². The summed E-state index contributed by atoms with van der Waals surface area (Å²) in [5, 5.41) is 3.98. The topological polar surface area (TPSA) is 24.9 Å². The van der Waals surface area contributed by atoms with Gasteiger partial charge in [0.15, 0.2) is 0 Å². The molecule has 1 aromatic rings. The molecule has 1 aliphatic rings. The lowest BCUT2D eigenvalue weighted by atomic mass is 10.2. The van der Waals surface area contributed by atoms with Gasteiger partial charge in [0.05, 0.1) is 16.5 Å². The summed E-state index contributed by atoms with van der Waals surface area (Å²) in [7, 11) is 0. The molecule has 66 valence electrons. The molecule has 0 amide bonds. The van der Waals surface area contributed by atoms with Gasteiger partial charge in [-0.05, 0) is 6.92 Å². The fourth-order valence-electron chi connectivity index (χ4n) is 1.36. The molecule has 1 aromatic heterocycles. The SMILES string of the molecule is Cc1scnc1C1CNCCS1. The smallest absolute Gasteiger partial charge is 0.0798 e. The number of hydrogen-bond donors (Lipinski definition) is 1. The predicted molar refractivity (Wildman–Crippen MR) is 54.9 cm³/mol. The Morgan fingerprint density at radius 3 is 3.17 bits per heavy atom. The zero-order chi connectivity index (χ0) is 8.39. The molecule has 0 radical (unpaired) electrons. The summed E-state index contributed by atoms with van der Waals surface area (Å²) in [6, 6.07) is 0. The standard InChI is InChI=1S/C8H12N2S2/c1-6-8(10-5-12-6)7-4-9-2-3-11-7/h5,7,9H,2-4H2,1H3. The van der Waals surface area contributed by atoms with Crippen LogP contribution < -0.4 is 5.32 Å². The minimum Gasteiger partial charge on any atom is -0.314 e. The monoisotopic (exact) mass is 200 g/mol. The maximum Gasteiger partial charge on any atom is 0.0798 e. The molecule has 1 unspecified atom stereocenters. The highest BCUT2D eigenvalue weighted by Gasteiger charge is 2.19. The number of aromatic nitrogens is 1. The van der Waals surface area contributed by atoms with Crippen LogP contribution in [-0.2, 0) is 0 Å². The van der Waals surface area contributed by atoms with Crippen molar-refractivity contribution in [2.45, 2.75) is 12.2 Å². The Kier molecular flexibility index (Phi) is 2.68. The average molecular weight is 200 g/mol. The predicted octanol–water partition coefficient (Wildman–Crippen LogP) is 1.83. The lowest BCUT2D eigenvalue weighted by Crippen LogP contribution is -2.28. The van der Waals surface area contributed by atoms with Crippen molar-refractivity contribution >= 4 is 23.1 Å². The number of nitrogens with one attached hydrogen (secondary N) is 1. The molecule has 0 aliphatic carbocycles. The second-order valence-electron chi connectivity index (χ2n) is 2.86. The molecule has 1 fully saturated rings. The number of thiazole rings is 1. The number of rotatable bonds is 1. The number of aryl methyl sites for hydroxylation is 1. The van der Waals surface area contributed by atoms with Gasteiger partial charge in [-0.25, -0.2) is 4.98 Å². The quantitative estimate of drug-likeness (QED) is 0.748. The Morgan fingerprint density at radius 1 is 1.67 bits per heavy atom. The molecule has 0 bridgehead atoms. The fraction of sp³-hybridized carbons (Fsp3) is 0.625. The van der Waals surface area contributed by atoms with Gasteiger partial charge in [-0.1, -0.05) is 0 Å². The zero-order valence-corrected chi connectivity index (χ0v) is 8.67. The maximum absolute atomic E-state index is 4.40. The van der Waals surface area contributed by atoms with E-state index in [0.717, 1.165) is 13.1 Å². The third-order valence-corrected chi connectivity index (χ3v) is 4.02. The first-order valence-electron chi connectivity index (χ1n) is 4.10. The lowest BCUT2D eigenvalue weighted by molar-refractivity contribution is 0.680. The van der Waals surface area contributed by atoms with E-state index in [9.17, 15) is 0 Å². The number of hydrogen-bond acceptors (Lipinski definition) is 4. The van der Waals surface area contributed by atoms with Gasteiger partial charge < -0.3 is 5.32 Å². The second-order valence-corrected chi connectivity index (χ2v) is 5.23. The second kappa shape index (κ2) is 3.77. The molecule has 0 saturated carbocycles. The van der Waals surface area contributed by atoms with Crippen molar-refractivity contribution in [2.24, 2.45) is 0 Å². The number of thioether (sulfide) groups is 1. The largest absolute Gasteiger partial charge is 0.314 e. The van der Waals surface area contributed by atoms with Crippen molar-refractivity contribution in [1.29, 1.82) is 0 Å². The van der Waals surface area contributed by atoms with E-state index in [1.807, 2.05) is 17.3 Å². The van der Waals surface area contributed by atoms with Crippen LogP contribution >= 0.6 is 23.1 Å². The Morgan fingerprint density at radius 2 is 2.58 bits per heavy atom. The van der Waals surface area contributed by atoms with E-state index in [4.69, 9.17) is 0 Å². The highest BCUT2D eigenvalue weighted by Crippen LogP contribution is 2.32. The first kappa shape index (κ1) is 8.53. The van der Waals surface area contributed by atoms with Crippen LogP contribution in [-0.4, -0.2) is 23.8 Å². The Bertz CT molecular complexity index is 253. The van der Waals surface area contributed by atoms with E-state index in [1.165, 1.54) is 16.3 Å². The Balaban J connectivity index is 2.13. The van der Waals surface area contributed by atoms with Crippen LogP contribution in [0.1, 0.15) is 15.8 Å². The molecular weight excluding hydrogens is 188 g/mol. The zero-order valence-electron chi connectivity index (χ0n) is 7.04. The Hall–Kier alpha value is -0.0600. The van der Waals surface area contributed by atoms with Crippen molar-refractivity contribution in [3.05, 3.63) is 16.1 Å². The maximum atomic E-state index is 4.40. The minimum atomic E-state index is 0.588. The first-order valence-corrected chi connectivity index (χ1v) is 6.03. The van der Waals surface area contributed by atoms with Crippen LogP contribution in [0.3, 0.4) is 0 Å². The van der Waals surface area contributed by atoms with Gasteiger partial charge in [0.1, 0.15) is 0 Å². The van der Waals surface area contributed by atoms with Crippen LogP contribution in [0.15, 0.2) is 5.51 Å². The van der Waals surface area contributed by atoms with Crippen molar-refractivity contribution in [2.75, 3.05) is 18.8 Å². The molecular formula is C8H12N2S2. The molecule has 1 saturated heterocycles. The van der Waals surface area contributed by atoms with E-state index < -0.39 is 0 Å². The summed E-state index contributed by atoms with van der Waals surface area (Å²) >= 11 is 3.76. The molecule has 4 heteroatoms. The highest BCUT2D eigenvalue weighted by molar-refractivity contribution is 7.99. The van der Waals surface area contributed by atoms with Crippen LogP contribution in [0.2, 0.25) is 0 Å². The molecule has 1 N–H and O–H groups in total. The first-order chi connectivity index (χ1) is 5.88. The summed E-state index contributed by atoms with van der Waals surface area (Å²) in [6.07, 6.45) is 0. The van der Waals surface area contributed by atoms with E-state index in [0.29, 0.717) is 5.25 Å². The van der Waals surface area contributed by atoms with Gasteiger partial charge in [0.2, 0.25) is 0 Å². The molecule has 12 heavy (non-hydrogen) atoms. The molecule has 2 heterocycles. The van der Waals surface area contributed by atoms with Gasteiger partial charge in [0.25, 0.3) is 0 Å². The van der Waals surface area contributed by atoms with E-state index >= 15 is 0 Å². The van der Waals surface area contributed by atoms with Crippen molar-refractivity contribution < 1.29 is 0 Å². The van der Waals surface area contributed by atoms with Gasteiger partial charge >= 0.3 is 0 Å². The molecule has 1 aliphatic heterocycles. The van der Waals surface area contributed by atoms with Gasteiger partial charge in [-0.15, -0.1) is 23.1 Å². The van der Waals surface area contributed by atoms with Crippen LogP contribution in [0.25, 0.3) is 0 Å². The molecule has 0 aromatic carbocycles. The molecule has 2 rings (SSSR count). The molecule has 1 atom stereocenters. The van der Waals surface area contributed by atoms with Crippen molar-refractivity contribution in [1.82, 2.24) is 10.3 Å². The van der Waals surface area contributed by atoms with Gasteiger partial charge in [-0.3, -0.25) is 0 Å². The normalized spacial score (nSPS) is 24.2. The summed E-state index contributed by atoms with van der Waals surface area (Å²) < 4.78 is 0. The van der Waals surface area contributed by atoms with E-state index in [2.05, 4.69) is 17.2 Å².